The van der Waals surface area contributed by atoms with E-state index in [-0.39, 0.29) is 0 Å². The first-order chi connectivity index (χ1) is 9.10. The Balaban J connectivity index is 2.23. The number of aromatic carboxylic acids is 1. The van der Waals surface area contributed by atoms with Gasteiger partial charge in [0.2, 0.25) is 0 Å². The molecule has 0 bridgehead atoms. The second-order valence-corrected chi connectivity index (χ2v) is 5.14. The van der Waals surface area contributed by atoms with Crippen LogP contribution >= 0.6 is 11.8 Å². The molecule has 0 fully saturated rings. The predicted molar refractivity (Wildman–Crippen MR) is 73.4 cm³/mol. The summed E-state index contributed by atoms with van der Waals surface area (Å²) in [5, 5.41) is 17.6. The number of carbonyl (C=O) groups is 1. The SMILES string of the molecule is Cc1cc(C(=O)O)ccc1Sc1ccc(C#N)cc1. The van der Waals surface area contributed by atoms with E-state index in [4.69, 9.17) is 10.4 Å². The fourth-order valence-electron chi connectivity index (χ4n) is 1.62. The Kier molecular flexibility index (Phi) is 3.88. The lowest BCUT2D eigenvalue weighted by molar-refractivity contribution is 0.0696. The van der Waals surface area contributed by atoms with Gasteiger partial charge in [0.05, 0.1) is 17.2 Å². The molecule has 1 N–H and O–H groups in total. The zero-order chi connectivity index (χ0) is 13.8. The van der Waals surface area contributed by atoms with E-state index in [0.29, 0.717) is 11.1 Å². The largest absolute Gasteiger partial charge is 0.478 e. The second kappa shape index (κ2) is 5.59. The summed E-state index contributed by atoms with van der Waals surface area (Å²) in [7, 11) is 0. The molecule has 2 rings (SSSR count). The standard InChI is InChI=1S/C15H11NO2S/c1-10-8-12(15(17)18)4-7-14(10)19-13-5-2-11(9-16)3-6-13/h2-8H,1H3,(H,17,18). The molecular formula is C15H11NO2S. The minimum absolute atomic E-state index is 0.293. The Morgan fingerprint density at radius 2 is 1.89 bits per heavy atom. The number of aryl methyl sites for hydroxylation is 1. The van der Waals surface area contributed by atoms with Gasteiger partial charge in [0.15, 0.2) is 0 Å². The van der Waals surface area contributed by atoms with Crippen molar-refractivity contribution in [3.63, 3.8) is 0 Å². The van der Waals surface area contributed by atoms with Crippen LogP contribution in [0.4, 0.5) is 0 Å². The second-order valence-electron chi connectivity index (χ2n) is 4.02. The lowest BCUT2D eigenvalue weighted by Crippen LogP contribution is -1.96. The molecule has 0 saturated heterocycles. The van der Waals surface area contributed by atoms with Gasteiger partial charge >= 0.3 is 5.97 Å². The summed E-state index contributed by atoms with van der Waals surface area (Å²) >= 11 is 1.55. The summed E-state index contributed by atoms with van der Waals surface area (Å²) in [6, 6.07) is 14.4. The maximum absolute atomic E-state index is 10.9. The molecule has 0 spiro atoms. The number of nitriles is 1. The number of nitrogens with zero attached hydrogens (tertiary/aromatic N) is 1. The molecule has 94 valence electrons. The Hall–Kier alpha value is -2.25. The molecule has 0 atom stereocenters. The molecule has 4 heteroatoms. The molecule has 0 aliphatic carbocycles. The van der Waals surface area contributed by atoms with Gasteiger partial charge in [0.1, 0.15) is 0 Å². The Labute approximate surface area is 115 Å². The molecule has 0 heterocycles. The van der Waals surface area contributed by atoms with Gasteiger partial charge in [-0.3, -0.25) is 0 Å². The van der Waals surface area contributed by atoms with Crippen molar-refractivity contribution in [1.29, 1.82) is 5.26 Å². The molecule has 2 aromatic rings. The number of rotatable bonds is 3. The van der Waals surface area contributed by atoms with Crippen molar-refractivity contribution >= 4 is 17.7 Å². The highest BCUT2D eigenvalue weighted by Crippen LogP contribution is 2.30. The van der Waals surface area contributed by atoms with Crippen molar-refractivity contribution in [2.24, 2.45) is 0 Å². The zero-order valence-electron chi connectivity index (χ0n) is 10.3. The zero-order valence-corrected chi connectivity index (χ0v) is 11.1. The molecule has 0 unspecified atom stereocenters. The van der Waals surface area contributed by atoms with Crippen LogP contribution in [0.25, 0.3) is 0 Å². The van der Waals surface area contributed by atoms with Crippen molar-refractivity contribution < 1.29 is 9.90 Å². The highest BCUT2D eigenvalue weighted by Gasteiger charge is 2.06. The number of carboxylic acids is 1. The maximum Gasteiger partial charge on any atom is 0.335 e. The fraction of sp³-hybridized carbons (Fsp3) is 0.0667. The lowest BCUT2D eigenvalue weighted by Gasteiger charge is -2.06. The summed E-state index contributed by atoms with van der Waals surface area (Å²) in [5.74, 6) is -0.918. The number of hydrogen-bond donors (Lipinski definition) is 1. The molecule has 0 aliphatic heterocycles. The van der Waals surface area contributed by atoms with Gasteiger partial charge in [0, 0.05) is 9.79 Å². The van der Waals surface area contributed by atoms with Crippen molar-refractivity contribution in [3.05, 3.63) is 59.2 Å². The van der Waals surface area contributed by atoms with Gasteiger partial charge < -0.3 is 5.11 Å². The monoisotopic (exact) mass is 269 g/mol. The highest BCUT2D eigenvalue weighted by molar-refractivity contribution is 7.99. The van der Waals surface area contributed by atoms with Gasteiger partial charge in [-0.2, -0.15) is 5.26 Å². The molecule has 2 aromatic carbocycles. The van der Waals surface area contributed by atoms with E-state index in [1.807, 2.05) is 25.1 Å². The van der Waals surface area contributed by atoms with Gasteiger partial charge in [-0.05, 0) is 55.0 Å². The number of hydrogen-bond acceptors (Lipinski definition) is 3. The van der Waals surface area contributed by atoms with Crippen LogP contribution in [-0.2, 0) is 0 Å². The maximum atomic E-state index is 10.9. The van der Waals surface area contributed by atoms with Crippen LogP contribution in [0.15, 0.2) is 52.3 Å². The van der Waals surface area contributed by atoms with E-state index in [1.54, 1.807) is 36.0 Å². The lowest BCUT2D eigenvalue weighted by atomic mass is 10.1. The van der Waals surface area contributed by atoms with Crippen LogP contribution in [0.2, 0.25) is 0 Å². The molecule has 0 amide bonds. The summed E-state index contributed by atoms with van der Waals surface area (Å²) in [5.41, 5.74) is 1.85. The van der Waals surface area contributed by atoms with Crippen molar-refractivity contribution in [2.45, 2.75) is 16.7 Å². The third-order valence-electron chi connectivity index (χ3n) is 2.63. The van der Waals surface area contributed by atoms with Gasteiger partial charge in [-0.1, -0.05) is 11.8 Å². The van der Waals surface area contributed by atoms with Crippen molar-refractivity contribution in [3.8, 4) is 6.07 Å². The minimum Gasteiger partial charge on any atom is -0.478 e. The van der Waals surface area contributed by atoms with E-state index >= 15 is 0 Å². The van der Waals surface area contributed by atoms with Gasteiger partial charge in [-0.15, -0.1) is 0 Å². The van der Waals surface area contributed by atoms with E-state index in [1.165, 1.54) is 0 Å². The van der Waals surface area contributed by atoms with Crippen LogP contribution in [-0.4, -0.2) is 11.1 Å². The van der Waals surface area contributed by atoms with Gasteiger partial charge in [-0.25, -0.2) is 4.79 Å². The first-order valence-corrected chi connectivity index (χ1v) is 6.44. The predicted octanol–water partition coefficient (Wildman–Crippen LogP) is 3.72. The minimum atomic E-state index is -0.918. The first-order valence-electron chi connectivity index (χ1n) is 5.62. The number of carboxylic acid groups (broad SMARTS) is 1. The van der Waals surface area contributed by atoms with Crippen LogP contribution in [0.5, 0.6) is 0 Å². The number of benzene rings is 2. The molecule has 0 aliphatic rings. The molecule has 3 nitrogen and oxygen atoms in total. The highest BCUT2D eigenvalue weighted by atomic mass is 32.2. The van der Waals surface area contributed by atoms with Crippen LogP contribution in [0.1, 0.15) is 21.5 Å². The average Bonchev–Trinajstić information content (AvgIpc) is 2.41. The van der Waals surface area contributed by atoms with Crippen molar-refractivity contribution in [2.75, 3.05) is 0 Å². The third kappa shape index (κ3) is 3.15. The van der Waals surface area contributed by atoms with Crippen LogP contribution in [0, 0.1) is 18.3 Å². The molecule has 0 radical (unpaired) electrons. The smallest absolute Gasteiger partial charge is 0.335 e. The molecule has 0 saturated carbocycles. The Bertz CT molecular complexity index is 657. The van der Waals surface area contributed by atoms with Crippen LogP contribution in [0.3, 0.4) is 0 Å². The summed E-state index contributed by atoms with van der Waals surface area (Å²) in [6.45, 7) is 1.89. The third-order valence-corrected chi connectivity index (χ3v) is 3.82. The fourth-order valence-corrected chi connectivity index (χ4v) is 2.50. The van der Waals surface area contributed by atoms with E-state index in [9.17, 15) is 4.79 Å². The normalized spacial score (nSPS) is 9.89. The molecular weight excluding hydrogens is 258 g/mol. The Morgan fingerprint density at radius 3 is 2.42 bits per heavy atom. The average molecular weight is 269 g/mol. The summed E-state index contributed by atoms with van der Waals surface area (Å²) < 4.78 is 0. The van der Waals surface area contributed by atoms with E-state index < -0.39 is 5.97 Å². The summed E-state index contributed by atoms with van der Waals surface area (Å²) in [6.07, 6.45) is 0. The topological polar surface area (TPSA) is 61.1 Å². The molecule has 19 heavy (non-hydrogen) atoms. The van der Waals surface area contributed by atoms with Crippen molar-refractivity contribution in [1.82, 2.24) is 0 Å². The van der Waals surface area contributed by atoms with Crippen LogP contribution < -0.4 is 0 Å². The molecule has 0 aromatic heterocycles. The Morgan fingerprint density at radius 1 is 1.21 bits per heavy atom. The summed E-state index contributed by atoms with van der Waals surface area (Å²) in [4.78, 5) is 12.9. The van der Waals surface area contributed by atoms with E-state index in [2.05, 4.69) is 6.07 Å². The first kappa shape index (κ1) is 13.2. The van der Waals surface area contributed by atoms with Gasteiger partial charge in [0.25, 0.3) is 0 Å². The van der Waals surface area contributed by atoms with E-state index in [0.717, 1.165) is 15.4 Å². The quantitative estimate of drug-likeness (QED) is 0.922.